The average molecular weight is 215 g/mol. The molecule has 1 aromatic carbocycles. The standard InChI is InChI=1S/C15H21N/c1-3-4-9-16-14-10-13(11-14)15-8-6-5-7-12(15)2/h3,5-8,13-14,16H,1,4,9-11H2,2H3. The van der Waals surface area contributed by atoms with E-state index >= 15 is 0 Å². The highest BCUT2D eigenvalue weighted by Crippen LogP contribution is 2.38. The van der Waals surface area contributed by atoms with Crippen LogP contribution >= 0.6 is 0 Å². The second-order valence-corrected chi connectivity index (χ2v) is 4.75. The SMILES string of the molecule is C=CCCNC1CC(c2ccccc2C)C1. The third-order valence-electron chi connectivity index (χ3n) is 3.55. The maximum Gasteiger partial charge on any atom is 0.00788 e. The highest BCUT2D eigenvalue weighted by Gasteiger charge is 2.30. The van der Waals surface area contributed by atoms with Crippen molar-refractivity contribution in [3.8, 4) is 0 Å². The summed E-state index contributed by atoms with van der Waals surface area (Å²) in [4.78, 5) is 0. The van der Waals surface area contributed by atoms with Gasteiger partial charge in [-0.15, -0.1) is 6.58 Å². The van der Waals surface area contributed by atoms with Gasteiger partial charge in [0.05, 0.1) is 0 Å². The molecule has 0 bridgehead atoms. The second kappa shape index (κ2) is 5.31. The minimum absolute atomic E-state index is 0.726. The van der Waals surface area contributed by atoms with Crippen LogP contribution in [0.25, 0.3) is 0 Å². The van der Waals surface area contributed by atoms with Gasteiger partial charge in [0.1, 0.15) is 0 Å². The minimum Gasteiger partial charge on any atom is -0.314 e. The van der Waals surface area contributed by atoms with Crippen LogP contribution in [-0.2, 0) is 0 Å². The fourth-order valence-electron chi connectivity index (χ4n) is 2.47. The zero-order valence-corrected chi connectivity index (χ0v) is 10.1. The average Bonchev–Trinajstić information content (AvgIpc) is 2.23. The van der Waals surface area contributed by atoms with Crippen LogP contribution in [0, 0.1) is 6.92 Å². The summed E-state index contributed by atoms with van der Waals surface area (Å²) in [7, 11) is 0. The minimum atomic E-state index is 0.726. The lowest BCUT2D eigenvalue weighted by atomic mass is 9.74. The predicted octanol–water partition coefficient (Wildman–Crippen LogP) is 3.41. The molecule has 16 heavy (non-hydrogen) atoms. The lowest BCUT2D eigenvalue weighted by molar-refractivity contribution is 0.292. The zero-order valence-electron chi connectivity index (χ0n) is 10.1. The molecule has 1 aromatic rings. The largest absolute Gasteiger partial charge is 0.314 e. The van der Waals surface area contributed by atoms with Gasteiger partial charge in [-0.2, -0.15) is 0 Å². The molecule has 2 rings (SSSR count). The van der Waals surface area contributed by atoms with Gasteiger partial charge in [-0.05, 0) is 49.8 Å². The molecule has 1 aliphatic carbocycles. The maximum absolute atomic E-state index is 3.74. The van der Waals surface area contributed by atoms with Crippen molar-refractivity contribution in [1.82, 2.24) is 5.32 Å². The van der Waals surface area contributed by atoms with Crippen LogP contribution in [0.1, 0.15) is 36.3 Å². The Morgan fingerprint density at radius 3 is 2.81 bits per heavy atom. The molecule has 0 heterocycles. The first kappa shape index (κ1) is 11.4. The molecule has 1 N–H and O–H groups in total. The summed E-state index contributed by atoms with van der Waals surface area (Å²) >= 11 is 0. The van der Waals surface area contributed by atoms with Crippen molar-refractivity contribution in [2.24, 2.45) is 0 Å². The maximum atomic E-state index is 3.74. The van der Waals surface area contributed by atoms with Gasteiger partial charge in [0.25, 0.3) is 0 Å². The molecular weight excluding hydrogens is 194 g/mol. The van der Waals surface area contributed by atoms with Crippen molar-refractivity contribution in [3.63, 3.8) is 0 Å². The second-order valence-electron chi connectivity index (χ2n) is 4.75. The molecule has 0 atom stereocenters. The Labute approximate surface area is 98.6 Å². The van der Waals surface area contributed by atoms with Gasteiger partial charge in [0, 0.05) is 6.04 Å². The Morgan fingerprint density at radius 2 is 2.12 bits per heavy atom. The number of hydrogen-bond acceptors (Lipinski definition) is 1. The molecule has 1 saturated carbocycles. The van der Waals surface area contributed by atoms with Gasteiger partial charge in [0.2, 0.25) is 0 Å². The van der Waals surface area contributed by atoms with Crippen molar-refractivity contribution in [3.05, 3.63) is 48.0 Å². The molecule has 1 fully saturated rings. The van der Waals surface area contributed by atoms with E-state index in [1.54, 1.807) is 5.56 Å². The molecule has 0 aliphatic heterocycles. The zero-order chi connectivity index (χ0) is 11.4. The van der Waals surface area contributed by atoms with E-state index in [9.17, 15) is 0 Å². The summed E-state index contributed by atoms with van der Waals surface area (Å²) < 4.78 is 0. The number of rotatable bonds is 5. The molecule has 0 amide bonds. The summed E-state index contributed by atoms with van der Waals surface area (Å²) in [6.07, 6.45) is 5.64. The molecule has 86 valence electrons. The Hall–Kier alpha value is -1.08. The Bertz CT molecular complexity index is 350. The summed E-state index contributed by atoms with van der Waals surface area (Å²) in [5, 5.41) is 3.57. The van der Waals surface area contributed by atoms with Gasteiger partial charge in [0.15, 0.2) is 0 Å². The molecule has 1 aliphatic rings. The monoisotopic (exact) mass is 215 g/mol. The molecule has 0 radical (unpaired) electrons. The lowest BCUT2D eigenvalue weighted by Gasteiger charge is -2.37. The summed E-state index contributed by atoms with van der Waals surface area (Å²) in [6, 6.07) is 9.50. The fourth-order valence-corrected chi connectivity index (χ4v) is 2.47. The molecule has 1 heteroatoms. The van der Waals surface area contributed by atoms with Crippen LogP contribution in [0.3, 0.4) is 0 Å². The number of aryl methyl sites for hydroxylation is 1. The van der Waals surface area contributed by atoms with Crippen molar-refractivity contribution >= 4 is 0 Å². The van der Waals surface area contributed by atoms with E-state index in [4.69, 9.17) is 0 Å². The van der Waals surface area contributed by atoms with Gasteiger partial charge in [-0.1, -0.05) is 30.3 Å². The molecule has 0 unspecified atom stereocenters. The van der Waals surface area contributed by atoms with Crippen LogP contribution in [0.4, 0.5) is 0 Å². The van der Waals surface area contributed by atoms with Gasteiger partial charge in [-0.25, -0.2) is 0 Å². The van der Waals surface area contributed by atoms with E-state index in [0.717, 1.165) is 24.9 Å². The fraction of sp³-hybridized carbons (Fsp3) is 0.467. The lowest BCUT2D eigenvalue weighted by Crippen LogP contribution is -2.40. The molecular formula is C15H21N. The van der Waals surface area contributed by atoms with Crippen LogP contribution < -0.4 is 5.32 Å². The highest BCUT2D eigenvalue weighted by atomic mass is 14.9. The van der Waals surface area contributed by atoms with Crippen LogP contribution in [0.15, 0.2) is 36.9 Å². The Morgan fingerprint density at radius 1 is 1.38 bits per heavy atom. The summed E-state index contributed by atoms with van der Waals surface area (Å²) in [6.45, 7) is 7.03. The van der Waals surface area contributed by atoms with E-state index in [1.807, 2.05) is 6.08 Å². The Kier molecular flexibility index (Phi) is 3.79. The van der Waals surface area contributed by atoms with Crippen molar-refractivity contribution in [1.29, 1.82) is 0 Å². The van der Waals surface area contributed by atoms with E-state index in [-0.39, 0.29) is 0 Å². The summed E-state index contributed by atoms with van der Waals surface area (Å²) in [5.41, 5.74) is 2.99. The molecule has 0 aromatic heterocycles. The van der Waals surface area contributed by atoms with Crippen LogP contribution in [-0.4, -0.2) is 12.6 Å². The third kappa shape index (κ3) is 2.53. The number of nitrogens with one attached hydrogen (secondary N) is 1. The van der Waals surface area contributed by atoms with Crippen LogP contribution in [0.2, 0.25) is 0 Å². The van der Waals surface area contributed by atoms with Crippen molar-refractivity contribution in [2.75, 3.05) is 6.54 Å². The first-order valence-corrected chi connectivity index (χ1v) is 6.21. The van der Waals surface area contributed by atoms with E-state index in [1.165, 1.54) is 18.4 Å². The normalized spacial score (nSPS) is 23.8. The molecule has 0 spiro atoms. The topological polar surface area (TPSA) is 12.0 Å². The number of benzene rings is 1. The predicted molar refractivity (Wildman–Crippen MR) is 69.8 cm³/mol. The third-order valence-corrected chi connectivity index (χ3v) is 3.55. The highest BCUT2D eigenvalue weighted by molar-refractivity contribution is 5.31. The summed E-state index contributed by atoms with van der Waals surface area (Å²) in [5.74, 6) is 0.780. The van der Waals surface area contributed by atoms with E-state index in [2.05, 4.69) is 43.1 Å². The van der Waals surface area contributed by atoms with E-state index < -0.39 is 0 Å². The number of hydrogen-bond donors (Lipinski definition) is 1. The first-order valence-electron chi connectivity index (χ1n) is 6.21. The quantitative estimate of drug-likeness (QED) is 0.586. The van der Waals surface area contributed by atoms with Gasteiger partial charge < -0.3 is 5.32 Å². The smallest absolute Gasteiger partial charge is 0.00788 e. The first-order chi connectivity index (χ1) is 7.81. The van der Waals surface area contributed by atoms with Gasteiger partial charge in [-0.3, -0.25) is 0 Å². The van der Waals surface area contributed by atoms with Crippen molar-refractivity contribution < 1.29 is 0 Å². The molecule has 1 nitrogen and oxygen atoms in total. The Balaban J connectivity index is 1.80. The molecule has 0 saturated heterocycles. The van der Waals surface area contributed by atoms with Crippen molar-refractivity contribution in [2.45, 2.75) is 38.1 Å². The van der Waals surface area contributed by atoms with Gasteiger partial charge >= 0.3 is 0 Å². The van der Waals surface area contributed by atoms with Crippen LogP contribution in [0.5, 0.6) is 0 Å². The van der Waals surface area contributed by atoms with E-state index in [0.29, 0.717) is 0 Å².